The van der Waals surface area contributed by atoms with Gasteiger partial charge >= 0.3 is 0 Å². The summed E-state index contributed by atoms with van der Waals surface area (Å²) < 4.78 is 6.24. The molecule has 2 aliphatic rings. The van der Waals surface area contributed by atoms with Gasteiger partial charge < -0.3 is 4.74 Å². The highest BCUT2D eigenvalue weighted by Gasteiger charge is 2.43. The fourth-order valence-corrected chi connectivity index (χ4v) is 4.23. The van der Waals surface area contributed by atoms with E-state index in [1.807, 2.05) is 36.2 Å². The van der Waals surface area contributed by atoms with Gasteiger partial charge in [0.15, 0.2) is 0 Å². The Morgan fingerprint density at radius 3 is 2.63 bits per heavy atom. The zero-order chi connectivity index (χ0) is 20.8. The lowest BCUT2D eigenvalue weighted by Crippen LogP contribution is -2.34. The molecular formula is C23H18ClN3O3. The molecule has 0 bridgehead atoms. The summed E-state index contributed by atoms with van der Waals surface area (Å²) in [6.45, 7) is 2.04. The van der Waals surface area contributed by atoms with E-state index in [-0.39, 0.29) is 16.7 Å². The van der Waals surface area contributed by atoms with Crippen LogP contribution in [0.5, 0.6) is 5.75 Å². The number of nitrogens with zero attached hydrogens (tertiary/aromatic N) is 3. The number of ether oxygens (including phenoxy) is 1. The lowest BCUT2D eigenvalue weighted by Gasteiger charge is -2.38. The second-order valence-corrected chi connectivity index (χ2v) is 7.92. The number of aryl methyl sites for hydroxylation is 1. The van der Waals surface area contributed by atoms with Gasteiger partial charge in [0, 0.05) is 23.1 Å². The molecule has 6 nitrogen and oxygen atoms in total. The molecule has 0 amide bonds. The van der Waals surface area contributed by atoms with Crippen molar-refractivity contribution in [2.24, 2.45) is 5.10 Å². The summed E-state index contributed by atoms with van der Waals surface area (Å²) in [6, 6.07) is 20.2. The fraction of sp³-hybridized carbons (Fsp3) is 0.174. The molecule has 5 rings (SSSR count). The minimum absolute atomic E-state index is 0.0117. The maximum atomic E-state index is 11.6. The maximum absolute atomic E-state index is 11.6. The number of rotatable bonds is 3. The minimum Gasteiger partial charge on any atom is -0.464 e. The monoisotopic (exact) mass is 419 g/mol. The normalized spacial score (nSPS) is 19.5. The van der Waals surface area contributed by atoms with Crippen LogP contribution in [-0.2, 0) is 0 Å². The van der Waals surface area contributed by atoms with Crippen LogP contribution < -0.4 is 4.74 Å². The number of nitro benzene ring substituents is 1. The Morgan fingerprint density at radius 1 is 1.10 bits per heavy atom. The number of fused-ring (bicyclic) bond motifs is 3. The second-order valence-electron chi connectivity index (χ2n) is 7.48. The first-order valence-corrected chi connectivity index (χ1v) is 10.0. The molecule has 3 aromatic rings. The summed E-state index contributed by atoms with van der Waals surface area (Å²) in [6.07, 6.45) is -0.0371. The fourth-order valence-electron chi connectivity index (χ4n) is 4.05. The molecule has 2 atom stereocenters. The van der Waals surface area contributed by atoms with Gasteiger partial charge in [0.1, 0.15) is 5.75 Å². The highest BCUT2D eigenvalue weighted by Crippen LogP contribution is 2.49. The number of hydrogen-bond donors (Lipinski definition) is 0. The van der Waals surface area contributed by atoms with Crippen LogP contribution in [0, 0.1) is 17.0 Å². The molecule has 150 valence electrons. The molecule has 0 aliphatic carbocycles. The molecular weight excluding hydrogens is 402 g/mol. The standard InChI is InChI=1S/C23H18ClN3O3/c1-14-6-8-15(9-7-14)19-13-21-18-12-16(24)10-11-22(18)30-23(26(21)25-19)17-4-2-3-5-20(17)27(28)29/h2-12,21,23H,13H2,1H3/t21-,23-/m0/s1. The molecule has 2 heterocycles. The van der Waals surface area contributed by atoms with Crippen molar-refractivity contribution in [3.8, 4) is 5.75 Å². The number of para-hydroxylation sites is 1. The average Bonchev–Trinajstić information content (AvgIpc) is 3.19. The van der Waals surface area contributed by atoms with Gasteiger partial charge in [-0.1, -0.05) is 53.6 Å². The Kier molecular flexibility index (Phi) is 4.44. The average molecular weight is 420 g/mol. The molecule has 30 heavy (non-hydrogen) atoms. The number of nitro groups is 1. The van der Waals surface area contributed by atoms with Gasteiger partial charge in [-0.15, -0.1) is 0 Å². The first-order valence-electron chi connectivity index (χ1n) is 9.63. The molecule has 0 saturated carbocycles. The summed E-state index contributed by atoms with van der Waals surface area (Å²) >= 11 is 6.26. The first-order chi connectivity index (χ1) is 14.5. The van der Waals surface area contributed by atoms with Gasteiger partial charge in [-0.25, -0.2) is 5.01 Å². The third-order valence-electron chi connectivity index (χ3n) is 5.54. The molecule has 0 spiro atoms. The highest BCUT2D eigenvalue weighted by atomic mass is 35.5. The molecule has 2 aliphatic heterocycles. The Morgan fingerprint density at radius 2 is 1.87 bits per heavy atom. The van der Waals surface area contributed by atoms with E-state index in [0.717, 1.165) is 16.8 Å². The Balaban J connectivity index is 1.64. The van der Waals surface area contributed by atoms with Crippen LogP contribution in [0.15, 0.2) is 71.8 Å². The van der Waals surface area contributed by atoms with Crippen LogP contribution in [0.2, 0.25) is 5.02 Å². The zero-order valence-corrected chi connectivity index (χ0v) is 16.9. The van der Waals surface area contributed by atoms with Crippen LogP contribution in [0.1, 0.15) is 40.9 Å². The summed E-state index contributed by atoms with van der Waals surface area (Å²) in [5, 5.41) is 18.9. The smallest absolute Gasteiger partial charge is 0.278 e. The van der Waals surface area contributed by atoms with Crippen molar-refractivity contribution in [1.29, 1.82) is 0 Å². The van der Waals surface area contributed by atoms with E-state index in [9.17, 15) is 10.1 Å². The van der Waals surface area contributed by atoms with E-state index < -0.39 is 6.23 Å². The van der Waals surface area contributed by atoms with Gasteiger partial charge in [0.05, 0.1) is 22.2 Å². The van der Waals surface area contributed by atoms with Crippen molar-refractivity contribution in [2.45, 2.75) is 25.6 Å². The largest absolute Gasteiger partial charge is 0.464 e. The molecule has 0 radical (unpaired) electrons. The zero-order valence-electron chi connectivity index (χ0n) is 16.2. The molecule has 0 N–H and O–H groups in total. The van der Waals surface area contributed by atoms with E-state index in [1.54, 1.807) is 24.3 Å². The van der Waals surface area contributed by atoms with Crippen LogP contribution in [0.3, 0.4) is 0 Å². The number of hydrogen-bond acceptors (Lipinski definition) is 5. The van der Waals surface area contributed by atoms with Crippen molar-refractivity contribution < 1.29 is 9.66 Å². The van der Waals surface area contributed by atoms with Crippen molar-refractivity contribution >= 4 is 23.0 Å². The summed E-state index contributed by atoms with van der Waals surface area (Å²) in [7, 11) is 0. The second kappa shape index (κ2) is 7.15. The number of halogens is 1. The molecule has 0 unspecified atom stereocenters. The third kappa shape index (κ3) is 3.09. The minimum atomic E-state index is -0.701. The predicted molar refractivity (Wildman–Crippen MR) is 115 cm³/mol. The predicted octanol–water partition coefficient (Wildman–Crippen LogP) is 5.80. The van der Waals surface area contributed by atoms with E-state index in [4.69, 9.17) is 21.4 Å². The van der Waals surface area contributed by atoms with Crippen LogP contribution in [-0.4, -0.2) is 15.6 Å². The molecule has 0 fully saturated rings. The Hall–Kier alpha value is -3.38. The van der Waals surface area contributed by atoms with E-state index >= 15 is 0 Å². The van der Waals surface area contributed by atoms with Crippen molar-refractivity contribution in [3.05, 3.63) is 104 Å². The van der Waals surface area contributed by atoms with Gasteiger partial charge in [-0.2, -0.15) is 5.10 Å². The van der Waals surface area contributed by atoms with Crippen molar-refractivity contribution in [1.82, 2.24) is 5.01 Å². The van der Waals surface area contributed by atoms with Gasteiger partial charge in [0.25, 0.3) is 5.69 Å². The maximum Gasteiger partial charge on any atom is 0.278 e. The lowest BCUT2D eigenvalue weighted by atomic mass is 9.95. The Labute approximate surface area is 178 Å². The van der Waals surface area contributed by atoms with Crippen LogP contribution >= 0.6 is 11.6 Å². The SMILES string of the molecule is Cc1ccc(C2=NN3[C@@H](C2)c2cc(Cl)ccc2O[C@H]3c2ccccc2[N+](=O)[O-])cc1. The van der Waals surface area contributed by atoms with Crippen molar-refractivity contribution in [2.75, 3.05) is 0 Å². The Bertz CT molecular complexity index is 1180. The molecule has 3 aromatic carbocycles. The van der Waals surface area contributed by atoms with E-state index in [1.165, 1.54) is 11.6 Å². The highest BCUT2D eigenvalue weighted by molar-refractivity contribution is 6.30. The topological polar surface area (TPSA) is 68.0 Å². The van der Waals surface area contributed by atoms with Gasteiger partial charge in [-0.05, 0) is 36.8 Å². The summed E-state index contributed by atoms with van der Waals surface area (Å²) in [5.41, 5.74) is 4.54. The van der Waals surface area contributed by atoms with Crippen LogP contribution in [0.4, 0.5) is 5.69 Å². The third-order valence-corrected chi connectivity index (χ3v) is 5.77. The molecule has 0 aromatic heterocycles. The van der Waals surface area contributed by atoms with Gasteiger partial charge in [0.2, 0.25) is 6.23 Å². The molecule has 7 heteroatoms. The van der Waals surface area contributed by atoms with E-state index in [2.05, 4.69) is 12.1 Å². The number of benzene rings is 3. The first kappa shape index (κ1) is 18.6. The summed E-state index contributed by atoms with van der Waals surface area (Å²) in [5.74, 6) is 0.671. The molecule has 0 saturated heterocycles. The van der Waals surface area contributed by atoms with E-state index in [0.29, 0.717) is 22.8 Å². The van der Waals surface area contributed by atoms with Gasteiger partial charge in [-0.3, -0.25) is 10.1 Å². The number of hydrazone groups is 1. The quantitative estimate of drug-likeness (QED) is 0.397. The van der Waals surface area contributed by atoms with Crippen LogP contribution in [0.25, 0.3) is 0 Å². The lowest BCUT2D eigenvalue weighted by molar-refractivity contribution is -0.386. The van der Waals surface area contributed by atoms with Crippen molar-refractivity contribution in [3.63, 3.8) is 0 Å². The summed E-state index contributed by atoms with van der Waals surface area (Å²) in [4.78, 5) is 11.3.